The highest BCUT2D eigenvalue weighted by atomic mass is 16.5. The van der Waals surface area contributed by atoms with Gasteiger partial charge in [-0.2, -0.15) is 0 Å². The van der Waals surface area contributed by atoms with Crippen LogP contribution in [0.3, 0.4) is 0 Å². The summed E-state index contributed by atoms with van der Waals surface area (Å²) < 4.78 is 5.49. The average molecular weight is 1180 g/mol. The van der Waals surface area contributed by atoms with Gasteiger partial charge >= 0.3 is 5.97 Å². The summed E-state index contributed by atoms with van der Waals surface area (Å²) in [6.45, 7) is 4.96. The molecule has 2 atom stereocenters. The third-order valence-corrected chi connectivity index (χ3v) is 18.3. The molecule has 0 bridgehead atoms. The van der Waals surface area contributed by atoms with Crippen LogP contribution in [0, 0.1) is 0 Å². The Hall–Kier alpha value is -1.66. The third-order valence-electron chi connectivity index (χ3n) is 18.3. The number of hydrogen-bond donors (Lipinski definition) is 3. The second kappa shape index (κ2) is 73.8. The fraction of sp³-hybridized carbons (Fsp3) is 0.923. The maximum absolute atomic E-state index is 12.5. The van der Waals surface area contributed by atoms with Gasteiger partial charge in [0.25, 0.3) is 0 Å². The summed E-state index contributed by atoms with van der Waals surface area (Å²) in [6, 6.07) is -0.535. The summed E-state index contributed by atoms with van der Waals surface area (Å²) in [7, 11) is 0. The quantitative estimate of drug-likeness (QED) is 0.0320. The van der Waals surface area contributed by atoms with Gasteiger partial charge in [-0.15, -0.1) is 0 Å². The van der Waals surface area contributed by atoms with Crippen molar-refractivity contribution in [3.8, 4) is 0 Å². The van der Waals surface area contributed by atoms with Crippen LogP contribution in [0.1, 0.15) is 438 Å². The SMILES string of the molecule is CCCCC/C=C\C/C=C\CCCCCCCC(=O)OCCCCCCCCCCCCCCCCCCCCCCCCCCCCCCCCCCCCCCCCCC(=O)NC(CO)C(O)CCCCCCCCCCCCCCC. The number of allylic oxidation sites excluding steroid dienone is 4. The molecule has 0 heterocycles. The molecule has 3 N–H and O–H groups in total. The van der Waals surface area contributed by atoms with Crippen LogP contribution in [0.2, 0.25) is 0 Å². The molecule has 0 aliphatic carbocycles. The van der Waals surface area contributed by atoms with Crippen LogP contribution < -0.4 is 5.32 Å². The number of carbonyl (C=O) groups is 2. The zero-order chi connectivity index (χ0) is 60.6. The molecule has 0 saturated heterocycles. The van der Waals surface area contributed by atoms with Crippen molar-refractivity contribution in [2.24, 2.45) is 0 Å². The van der Waals surface area contributed by atoms with Crippen molar-refractivity contribution >= 4 is 11.9 Å². The topological polar surface area (TPSA) is 95.9 Å². The van der Waals surface area contributed by atoms with E-state index in [1.807, 2.05) is 0 Å². The predicted molar refractivity (Wildman–Crippen MR) is 370 cm³/mol. The number of amides is 1. The van der Waals surface area contributed by atoms with Gasteiger partial charge in [-0.25, -0.2) is 0 Å². The van der Waals surface area contributed by atoms with Crippen LogP contribution in [-0.4, -0.2) is 47.4 Å². The van der Waals surface area contributed by atoms with Gasteiger partial charge in [0, 0.05) is 12.8 Å². The number of esters is 1. The molecule has 0 aliphatic rings. The van der Waals surface area contributed by atoms with Gasteiger partial charge in [0.15, 0.2) is 0 Å². The van der Waals surface area contributed by atoms with Crippen LogP contribution in [0.15, 0.2) is 24.3 Å². The van der Waals surface area contributed by atoms with Crippen LogP contribution >= 0.6 is 0 Å². The minimum Gasteiger partial charge on any atom is -0.466 e. The van der Waals surface area contributed by atoms with Gasteiger partial charge in [-0.3, -0.25) is 9.59 Å². The minimum absolute atomic E-state index is 0.0106. The van der Waals surface area contributed by atoms with Crippen molar-refractivity contribution in [3.05, 3.63) is 24.3 Å². The highest BCUT2D eigenvalue weighted by Crippen LogP contribution is 2.20. The molecule has 2 unspecified atom stereocenters. The van der Waals surface area contributed by atoms with Gasteiger partial charge in [0.1, 0.15) is 0 Å². The third kappa shape index (κ3) is 69.4. The molecule has 0 radical (unpaired) electrons. The molecular weight excluding hydrogens is 1030 g/mol. The van der Waals surface area contributed by atoms with Crippen molar-refractivity contribution < 1.29 is 24.5 Å². The lowest BCUT2D eigenvalue weighted by atomic mass is 10.0. The number of carbonyl (C=O) groups excluding carboxylic acids is 2. The maximum atomic E-state index is 12.5. The lowest BCUT2D eigenvalue weighted by Gasteiger charge is -2.22. The Bertz CT molecular complexity index is 1320. The number of nitrogens with one attached hydrogen (secondary N) is 1. The van der Waals surface area contributed by atoms with E-state index < -0.39 is 12.1 Å². The molecule has 1 amide bonds. The van der Waals surface area contributed by atoms with Crippen molar-refractivity contribution in [3.63, 3.8) is 0 Å². The monoisotopic (exact) mass is 1180 g/mol. The van der Waals surface area contributed by atoms with E-state index in [9.17, 15) is 19.8 Å². The molecule has 0 aromatic heterocycles. The summed E-state index contributed by atoms with van der Waals surface area (Å²) in [4.78, 5) is 24.6. The van der Waals surface area contributed by atoms with Gasteiger partial charge in [0.05, 0.1) is 25.4 Å². The van der Waals surface area contributed by atoms with E-state index >= 15 is 0 Å². The van der Waals surface area contributed by atoms with Crippen LogP contribution in [0.25, 0.3) is 0 Å². The van der Waals surface area contributed by atoms with E-state index in [4.69, 9.17) is 4.74 Å². The van der Waals surface area contributed by atoms with Crippen LogP contribution in [0.5, 0.6) is 0 Å². The van der Waals surface area contributed by atoms with Crippen molar-refractivity contribution in [1.82, 2.24) is 5.32 Å². The summed E-state index contributed by atoms with van der Waals surface area (Å²) in [5.74, 6) is -0.0157. The Morgan fingerprint density at radius 2 is 0.595 bits per heavy atom. The number of aliphatic hydroxyl groups is 2. The Kier molecular flexibility index (Phi) is 72.3. The molecule has 0 saturated carbocycles. The number of rotatable bonds is 73. The molecule has 0 aromatic carbocycles. The van der Waals surface area contributed by atoms with Crippen LogP contribution in [0.4, 0.5) is 0 Å². The largest absolute Gasteiger partial charge is 0.466 e. The highest BCUT2D eigenvalue weighted by Gasteiger charge is 2.20. The Morgan fingerprint density at radius 3 is 0.929 bits per heavy atom. The standard InChI is InChI=1S/C78H151NO5/c1-3-5-7-9-11-13-15-17-43-48-52-56-60-64-68-72-78(83)84-73-69-65-61-57-53-49-45-42-40-38-36-34-32-30-28-26-24-22-20-18-19-21-23-25-27-29-31-33-35-37-39-41-44-47-51-55-59-63-67-71-77(82)79-75(74-80)76(81)70-66-62-58-54-50-46-16-14-12-10-8-6-4-2/h11,13,17,43,75-76,80-81H,3-10,12,14-16,18-42,44-74H2,1-2H3,(H,79,82)/b13-11-,43-17-. The summed E-state index contributed by atoms with van der Waals surface area (Å²) in [5, 5.41) is 23.3. The molecule has 0 aliphatic heterocycles. The molecule has 0 fully saturated rings. The fourth-order valence-corrected chi connectivity index (χ4v) is 12.4. The molecule has 0 rings (SSSR count). The minimum atomic E-state index is -0.659. The lowest BCUT2D eigenvalue weighted by molar-refractivity contribution is -0.143. The van der Waals surface area contributed by atoms with Gasteiger partial charge in [0.2, 0.25) is 5.91 Å². The molecular formula is C78H151NO5. The fourth-order valence-electron chi connectivity index (χ4n) is 12.4. The normalized spacial score (nSPS) is 12.6. The van der Waals surface area contributed by atoms with Gasteiger partial charge in [-0.05, 0) is 57.8 Å². The van der Waals surface area contributed by atoms with Crippen molar-refractivity contribution in [2.75, 3.05) is 13.2 Å². The summed E-state index contributed by atoms with van der Waals surface area (Å²) >= 11 is 0. The van der Waals surface area contributed by atoms with E-state index in [-0.39, 0.29) is 18.5 Å². The number of unbranched alkanes of at least 4 members (excludes halogenated alkanes) is 58. The lowest BCUT2D eigenvalue weighted by Crippen LogP contribution is -2.45. The highest BCUT2D eigenvalue weighted by molar-refractivity contribution is 5.76. The van der Waals surface area contributed by atoms with Gasteiger partial charge in [-0.1, -0.05) is 391 Å². The molecule has 498 valence electrons. The first kappa shape index (κ1) is 82.3. The molecule has 6 heteroatoms. The first-order valence-corrected chi connectivity index (χ1v) is 38.6. The number of ether oxygens (including phenoxy) is 1. The first-order valence-electron chi connectivity index (χ1n) is 38.6. The van der Waals surface area contributed by atoms with Gasteiger partial charge < -0.3 is 20.3 Å². The smallest absolute Gasteiger partial charge is 0.305 e. The average Bonchev–Trinajstić information content (AvgIpc) is 3.54. The predicted octanol–water partition coefficient (Wildman–Crippen LogP) is 25.3. The molecule has 0 aromatic rings. The van der Waals surface area contributed by atoms with E-state index in [1.54, 1.807) is 0 Å². The summed E-state index contributed by atoms with van der Waals surface area (Å²) in [5.41, 5.74) is 0. The number of aliphatic hydroxyl groups excluding tert-OH is 2. The summed E-state index contributed by atoms with van der Waals surface area (Å²) in [6.07, 6.45) is 94.2. The zero-order valence-corrected chi connectivity index (χ0v) is 57.2. The Labute approximate surface area is 526 Å². The zero-order valence-electron chi connectivity index (χ0n) is 57.2. The van der Waals surface area contributed by atoms with Crippen molar-refractivity contribution in [1.29, 1.82) is 0 Å². The van der Waals surface area contributed by atoms with E-state index in [1.165, 1.54) is 353 Å². The Balaban J connectivity index is 3.28. The van der Waals surface area contributed by atoms with E-state index in [0.29, 0.717) is 25.9 Å². The second-order valence-electron chi connectivity index (χ2n) is 26.7. The number of hydrogen-bond acceptors (Lipinski definition) is 5. The van der Waals surface area contributed by atoms with Crippen molar-refractivity contribution in [2.45, 2.75) is 450 Å². The Morgan fingerprint density at radius 1 is 0.333 bits per heavy atom. The molecule has 84 heavy (non-hydrogen) atoms. The van der Waals surface area contributed by atoms with Crippen LogP contribution in [-0.2, 0) is 14.3 Å². The molecule has 6 nitrogen and oxygen atoms in total. The van der Waals surface area contributed by atoms with E-state index in [0.717, 1.165) is 51.4 Å². The second-order valence-corrected chi connectivity index (χ2v) is 26.7. The maximum Gasteiger partial charge on any atom is 0.305 e. The first-order chi connectivity index (χ1) is 41.5. The molecule has 0 spiro atoms. The van der Waals surface area contributed by atoms with E-state index in [2.05, 4.69) is 43.5 Å².